The van der Waals surface area contributed by atoms with Crippen molar-refractivity contribution in [1.29, 1.82) is 0 Å². The molecule has 0 saturated heterocycles. The summed E-state index contributed by atoms with van der Waals surface area (Å²) in [4.78, 5) is 25.8. The van der Waals surface area contributed by atoms with Crippen LogP contribution in [0.3, 0.4) is 0 Å². The average molecular weight is 303 g/mol. The van der Waals surface area contributed by atoms with Crippen LogP contribution in [-0.2, 0) is 16.1 Å². The fourth-order valence-corrected chi connectivity index (χ4v) is 3.37. The lowest BCUT2D eigenvalue weighted by Crippen LogP contribution is -2.42. The normalized spacial score (nSPS) is 27.7. The molecule has 3 rings (SSSR count). The molecule has 1 N–H and O–H groups in total. The van der Waals surface area contributed by atoms with E-state index in [1.165, 1.54) is 0 Å². The van der Waals surface area contributed by atoms with Gasteiger partial charge in [0.15, 0.2) is 0 Å². The Morgan fingerprint density at radius 2 is 1.95 bits per heavy atom. The predicted molar refractivity (Wildman–Crippen MR) is 80.4 cm³/mol. The molecule has 1 aliphatic heterocycles. The summed E-state index contributed by atoms with van der Waals surface area (Å²) in [5.41, 5.74) is 1.01. The van der Waals surface area contributed by atoms with Crippen molar-refractivity contribution in [2.45, 2.75) is 38.8 Å². The topological polar surface area (TPSA) is 66.8 Å². The molecule has 22 heavy (non-hydrogen) atoms. The molecular formula is C17H21NO4. The molecule has 3 atom stereocenters. The van der Waals surface area contributed by atoms with E-state index in [1.54, 1.807) is 0 Å². The molecule has 1 aromatic rings. The second kappa shape index (κ2) is 5.99. The highest BCUT2D eigenvalue weighted by Gasteiger charge is 2.37. The molecule has 5 heteroatoms. The Hall–Kier alpha value is -2.04. The van der Waals surface area contributed by atoms with Crippen molar-refractivity contribution in [3.05, 3.63) is 29.8 Å². The molecule has 1 aromatic carbocycles. The van der Waals surface area contributed by atoms with Crippen LogP contribution in [-0.4, -0.2) is 34.5 Å². The number of rotatable bonds is 2. The number of carboxylic acid groups (broad SMARTS) is 1. The van der Waals surface area contributed by atoms with Crippen LogP contribution in [0.4, 0.5) is 0 Å². The Morgan fingerprint density at radius 1 is 1.23 bits per heavy atom. The zero-order chi connectivity index (χ0) is 15.7. The van der Waals surface area contributed by atoms with Crippen LogP contribution in [0.1, 0.15) is 31.7 Å². The Labute approximate surface area is 129 Å². The molecule has 1 unspecified atom stereocenters. The van der Waals surface area contributed by atoms with E-state index >= 15 is 0 Å². The predicted octanol–water partition coefficient (Wildman–Crippen LogP) is 2.30. The second-order valence-electron chi connectivity index (χ2n) is 6.28. The summed E-state index contributed by atoms with van der Waals surface area (Å²) in [6.45, 7) is 2.98. The zero-order valence-electron chi connectivity index (χ0n) is 12.7. The Kier molecular flexibility index (Phi) is 4.05. The molecule has 1 saturated carbocycles. The number of amides is 1. The molecule has 2 aliphatic rings. The number of fused-ring (bicyclic) bond motifs is 1. The molecule has 0 bridgehead atoms. The lowest BCUT2D eigenvalue weighted by atomic mass is 10.0. The van der Waals surface area contributed by atoms with Crippen LogP contribution in [0, 0.1) is 11.8 Å². The highest BCUT2D eigenvalue weighted by Crippen LogP contribution is 2.34. The van der Waals surface area contributed by atoms with E-state index in [4.69, 9.17) is 9.84 Å². The highest BCUT2D eigenvalue weighted by molar-refractivity contribution is 5.81. The minimum Gasteiger partial charge on any atom is -0.491 e. The first-order valence-corrected chi connectivity index (χ1v) is 7.80. The van der Waals surface area contributed by atoms with Gasteiger partial charge in [0, 0.05) is 18.0 Å². The van der Waals surface area contributed by atoms with Crippen molar-refractivity contribution in [1.82, 2.24) is 4.90 Å². The van der Waals surface area contributed by atoms with Gasteiger partial charge in [-0.05, 0) is 32.3 Å². The Morgan fingerprint density at radius 3 is 2.68 bits per heavy atom. The van der Waals surface area contributed by atoms with Crippen LogP contribution < -0.4 is 4.74 Å². The molecule has 1 amide bonds. The average Bonchev–Trinajstić information content (AvgIpc) is 2.94. The largest absolute Gasteiger partial charge is 0.491 e. The summed E-state index contributed by atoms with van der Waals surface area (Å²) in [5.74, 6) is -0.433. The fraction of sp³-hybridized carbons (Fsp3) is 0.529. The van der Waals surface area contributed by atoms with Gasteiger partial charge in [-0.2, -0.15) is 0 Å². The lowest BCUT2D eigenvalue weighted by Gasteiger charge is -2.29. The van der Waals surface area contributed by atoms with Gasteiger partial charge in [-0.15, -0.1) is 0 Å². The third-order valence-electron chi connectivity index (χ3n) is 4.74. The maximum absolute atomic E-state index is 12.8. The minimum absolute atomic E-state index is 0.0104. The van der Waals surface area contributed by atoms with E-state index < -0.39 is 5.97 Å². The number of aliphatic carboxylic acids is 1. The van der Waals surface area contributed by atoms with E-state index in [9.17, 15) is 9.59 Å². The zero-order valence-corrected chi connectivity index (χ0v) is 12.7. The van der Waals surface area contributed by atoms with Crippen LogP contribution >= 0.6 is 0 Å². The number of benzene rings is 1. The first-order valence-electron chi connectivity index (χ1n) is 7.80. The van der Waals surface area contributed by atoms with Crippen LogP contribution in [0.25, 0.3) is 0 Å². The summed E-state index contributed by atoms with van der Waals surface area (Å²) in [6.07, 6.45) is 1.72. The van der Waals surface area contributed by atoms with Crippen LogP contribution in [0.15, 0.2) is 24.3 Å². The van der Waals surface area contributed by atoms with Gasteiger partial charge in [0.1, 0.15) is 12.4 Å². The summed E-state index contributed by atoms with van der Waals surface area (Å²) >= 11 is 0. The van der Waals surface area contributed by atoms with Crippen LogP contribution in [0.5, 0.6) is 5.75 Å². The minimum atomic E-state index is -0.784. The van der Waals surface area contributed by atoms with Crippen molar-refractivity contribution in [3.8, 4) is 5.75 Å². The lowest BCUT2D eigenvalue weighted by molar-refractivity contribution is -0.142. The fourth-order valence-electron chi connectivity index (χ4n) is 3.37. The maximum atomic E-state index is 12.8. The molecule has 1 aliphatic carbocycles. The van der Waals surface area contributed by atoms with Crippen molar-refractivity contribution in [2.75, 3.05) is 6.61 Å². The van der Waals surface area contributed by atoms with E-state index in [0.29, 0.717) is 32.4 Å². The van der Waals surface area contributed by atoms with Gasteiger partial charge in [-0.1, -0.05) is 18.2 Å². The van der Waals surface area contributed by atoms with E-state index in [-0.39, 0.29) is 23.8 Å². The number of carbonyl (C=O) groups is 2. The number of carboxylic acids is 1. The number of hydrogen-bond donors (Lipinski definition) is 1. The van der Waals surface area contributed by atoms with Crippen molar-refractivity contribution >= 4 is 11.9 Å². The first-order chi connectivity index (χ1) is 10.6. The monoisotopic (exact) mass is 303 g/mol. The molecule has 0 aromatic heterocycles. The van der Waals surface area contributed by atoms with Gasteiger partial charge in [-0.25, -0.2) is 0 Å². The van der Waals surface area contributed by atoms with Crippen LogP contribution in [0.2, 0.25) is 0 Å². The molecule has 5 nitrogen and oxygen atoms in total. The van der Waals surface area contributed by atoms with Gasteiger partial charge < -0.3 is 14.7 Å². The molecule has 0 spiro atoms. The second-order valence-corrected chi connectivity index (χ2v) is 6.28. The molecule has 1 fully saturated rings. The molecular weight excluding hydrogens is 282 g/mol. The van der Waals surface area contributed by atoms with Crippen molar-refractivity contribution in [3.63, 3.8) is 0 Å². The number of para-hydroxylation sites is 1. The van der Waals surface area contributed by atoms with E-state index in [1.807, 2.05) is 36.1 Å². The number of nitrogens with zero attached hydrogens (tertiary/aromatic N) is 1. The third kappa shape index (κ3) is 2.80. The standard InChI is InChI=1S/C17H21NO4/c1-11-10-22-15-5-3-2-4-14(15)9-18(11)16(19)12-6-7-13(8-12)17(20)21/h2-5,11-13H,6-10H2,1H3,(H,20,21)/t11?,12-,13+/m1/s1. The maximum Gasteiger partial charge on any atom is 0.306 e. The number of carbonyl (C=O) groups excluding carboxylic acids is 1. The summed E-state index contributed by atoms with van der Waals surface area (Å²) in [7, 11) is 0. The van der Waals surface area contributed by atoms with Gasteiger partial charge in [0.25, 0.3) is 0 Å². The van der Waals surface area contributed by atoms with Gasteiger partial charge in [0.05, 0.1) is 12.0 Å². The highest BCUT2D eigenvalue weighted by atomic mass is 16.5. The third-order valence-corrected chi connectivity index (χ3v) is 4.74. The van der Waals surface area contributed by atoms with E-state index in [2.05, 4.69) is 0 Å². The van der Waals surface area contributed by atoms with Gasteiger partial charge in [-0.3, -0.25) is 9.59 Å². The van der Waals surface area contributed by atoms with Gasteiger partial charge >= 0.3 is 5.97 Å². The first kappa shape index (κ1) is 14.9. The van der Waals surface area contributed by atoms with E-state index in [0.717, 1.165) is 11.3 Å². The number of ether oxygens (including phenoxy) is 1. The number of hydrogen-bond acceptors (Lipinski definition) is 3. The SMILES string of the molecule is CC1COc2ccccc2CN1C(=O)[C@@H]1CC[C@H](C(=O)O)C1. The molecule has 0 radical (unpaired) electrons. The van der Waals surface area contributed by atoms with Gasteiger partial charge in [0.2, 0.25) is 5.91 Å². The Bertz CT molecular complexity index is 586. The molecule has 118 valence electrons. The summed E-state index contributed by atoms with van der Waals surface area (Å²) in [5, 5.41) is 9.11. The van der Waals surface area contributed by atoms with Crippen molar-refractivity contribution in [2.24, 2.45) is 11.8 Å². The summed E-state index contributed by atoms with van der Waals surface area (Å²) < 4.78 is 5.78. The molecule has 1 heterocycles. The smallest absolute Gasteiger partial charge is 0.306 e. The van der Waals surface area contributed by atoms with Crippen molar-refractivity contribution < 1.29 is 19.4 Å². The quantitative estimate of drug-likeness (QED) is 0.910. The summed E-state index contributed by atoms with van der Waals surface area (Å²) in [6, 6.07) is 7.75. The Balaban J connectivity index is 1.76.